The first kappa shape index (κ1) is 28.7. The van der Waals surface area contributed by atoms with E-state index in [1.807, 2.05) is 17.4 Å². The van der Waals surface area contributed by atoms with E-state index >= 15 is 0 Å². The zero-order valence-electron chi connectivity index (χ0n) is 38.2. The SMILES string of the molecule is [2H]C([2H])([2H])C(C(NC(=O)OC)C(=O)N[C@@H](Cc1ccccc1)C(O)CN(Cc1ccc(-c2ccccn2)cc1)NC(=O)[C@@H](NC(=O)OC)C(C)(C)C)(C([2H])([2H])[2H])C([2H])([2H])[2H]. The molecule has 0 saturated heterocycles. The van der Waals surface area contributed by atoms with Crippen molar-refractivity contribution in [2.75, 3.05) is 20.8 Å². The highest BCUT2D eigenvalue weighted by Gasteiger charge is 2.37. The number of ether oxygens (including phenoxy) is 2. The van der Waals surface area contributed by atoms with Crippen LogP contribution in [0.2, 0.25) is 0 Å². The fraction of sp³-hybridized carbons (Fsp3) is 0.447. The number of hydrogen-bond acceptors (Lipinski definition) is 9. The molecule has 0 saturated carbocycles. The van der Waals surface area contributed by atoms with E-state index in [0.29, 0.717) is 16.8 Å². The molecule has 0 radical (unpaired) electrons. The van der Waals surface area contributed by atoms with Crippen molar-refractivity contribution in [1.82, 2.24) is 31.4 Å². The number of nitrogens with zero attached hydrogens (tertiary/aromatic N) is 2. The Labute approximate surface area is 313 Å². The van der Waals surface area contributed by atoms with Gasteiger partial charge in [0.05, 0.1) is 32.1 Å². The summed E-state index contributed by atoms with van der Waals surface area (Å²) in [5.41, 5.74) is 0.613. The number of carbonyl (C=O) groups excluding carboxylic acids is 4. The van der Waals surface area contributed by atoms with Crippen LogP contribution in [0.1, 0.15) is 64.8 Å². The lowest BCUT2D eigenvalue weighted by molar-refractivity contribution is -0.132. The number of hydrazine groups is 1. The molecule has 0 aliphatic carbocycles. The summed E-state index contributed by atoms with van der Waals surface area (Å²) in [6, 6.07) is 15.4. The molecule has 2 aromatic carbocycles. The fourth-order valence-corrected chi connectivity index (χ4v) is 5.07. The third-order valence-corrected chi connectivity index (χ3v) is 7.77. The maximum atomic E-state index is 14.3. The highest BCUT2D eigenvalue weighted by Crippen LogP contribution is 2.23. The number of rotatable bonds is 14. The Kier molecular flexibility index (Phi) is 10.3. The largest absolute Gasteiger partial charge is 0.453 e. The van der Waals surface area contributed by atoms with E-state index in [4.69, 9.17) is 17.1 Å². The molecule has 13 nitrogen and oxygen atoms in total. The number of aliphatic hydroxyl groups excluding tert-OH is 1. The molecule has 51 heavy (non-hydrogen) atoms. The monoisotopic (exact) mass is 713 g/mol. The molecule has 0 aliphatic rings. The number of aromatic nitrogens is 1. The summed E-state index contributed by atoms with van der Waals surface area (Å²) in [6.45, 7) is -7.21. The Morgan fingerprint density at radius 1 is 0.784 bits per heavy atom. The number of alkyl carbamates (subject to hydrolysis) is 2. The smallest absolute Gasteiger partial charge is 0.407 e. The first-order valence-corrected chi connectivity index (χ1v) is 16.0. The number of nitrogens with one attached hydrogen (secondary N) is 4. The predicted octanol–water partition coefficient (Wildman–Crippen LogP) is 4.21. The van der Waals surface area contributed by atoms with Crippen molar-refractivity contribution < 1.29 is 46.1 Å². The molecule has 13 heteroatoms. The van der Waals surface area contributed by atoms with E-state index in [1.54, 1.807) is 87.6 Å². The number of aliphatic hydroxyl groups is 1. The minimum absolute atomic E-state index is 0.0703. The number of methoxy groups -OCH3 is 2. The van der Waals surface area contributed by atoms with Gasteiger partial charge in [-0.05, 0) is 40.5 Å². The van der Waals surface area contributed by atoms with Crippen LogP contribution in [0.15, 0.2) is 79.0 Å². The first-order chi connectivity index (χ1) is 27.8. The number of pyridine rings is 1. The molecular weight excluding hydrogens is 652 g/mol. The van der Waals surface area contributed by atoms with E-state index in [0.717, 1.165) is 19.8 Å². The lowest BCUT2D eigenvalue weighted by atomic mass is 9.85. The van der Waals surface area contributed by atoms with Crippen molar-refractivity contribution in [1.29, 1.82) is 0 Å². The Hall–Kier alpha value is -5.01. The maximum Gasteiger partial charge on any atom is 0.407 e. The normalized spacial score (nSPS) is 17.4. The second-order valence-corrected chi connectivity index (χ2v) is 13.0. The Bertz CT molecular complexity index is 1860. The van der Waals surface area contributed by atoms with Crippen LogP contribution in [0.4, 0.5) is 9.59 Å². The molecule has 0 spiro atoms. The summed E-state index contributed by atoms with van der Waals surface area (Å²) in [5, 5.41) is 20.1. The van der Waals surface area contributed by atoms with Gasteiger partial charge in [0.25, 0.3) is 5.91 Å². The number of hydrogen-bond donors (Lipinski definition) is 5. The molecule has 0 fully saturated rings. The van der Waals surface area contributed by atoms with Crippen molar-refractivity contribution in [3.8, 4) is 11.3 Å². The summed E-state index contributed by atoms with van der Waals surface area (Å²) >= 11 is 0. The molecule has 276 valence electrons. The molecular formula is C38H52N6O7. The van der Waals surface area contributed by atoms with Gasteiger partial charge in [-0.15, -0.1) is 0 Å². The van der Waals surface area contributed by atoms with Gasteiger partial charge in [-0.1, -0.05) is 102 Å². The minimum Gasteiger partial charge on any atom is -0.453 e. The number of carbonyl (C=O) groups is 4. The molecule has 4 amide bonds. The number of benzene rings is 2. The molecule has 0 bridgehead atoms. The van der Waals surface area contributed by atoms with E-state index in [-0.39, 0.29) is 13.0 Å². The molecule has 3 rings (SSSR count). The van der Waals surface area contributed by atoms with E-state index in [9.17, 15) is 24.3 Å². The van der Waals surface area contributed by atoms with Crippen molar-refractivity contribution in [3.63, 3.8) is 0 Å². The van der Waals surface area contributed by atoms with Crippen LogP contribution < -0.4 is 21.4 Å². The Morgan fingerprint density at radius 3 is 1.90 bits per heavy atom. The van der Waals surface area contributed by atoms with Gasteiger partial charge in [0.15, 0.2) is 0 Å². The average Bonchev–Trinajstić information content (AvgIpc) is 3.15. The van der Waals surface area contributed by atoms with Gasteiger partial charge >= 0.3 is 12.2 Å². The van der Waals surface area contributed by atoms with Crippen LogP contribution in [-0.4, -0.2) is 84.1 Å². The zero-order chi connectivity index (χ0) is 45.3. The third-order valence-electron chi connectivity index (χ3n) is 7.77. The zero-order valence-corrected chi connectivity index (χ0v) is 29.2. The average molecular weight is 714 g/mol. The van der Waals surface area contributed by atoms with Crippen molar-refractivity contribution in [2.24, 2.45) is 10.8 Å². The van der Waals surface area contributed by atoms with Crippen LogP contribution in [0.3, 0.4) is 0 Å². The van der Waals surface area contributed by atoms with Crippen LogP contribution in [0.25, 0.3) is 11.3 Å². The van der Waals surface area contributed by atoms with Crippen LogP contribution in [0, 0.1) is 10.8 Å². The molecule has 4 atom stereocenters. The Balaban J connectivity index is 2.14. The van der Waals surface area contributed by atoms with Gasteiger partial charge in [0.2, 0.25) is 5.91 Å². The maximum absolute atomic E-state index is 14.3. The molecule has 2 unspecified atom stereocenters. The van der Waals surface area contributed by atoms with E-state index in [2.05, 4.69) is 25.8 Å². The van der Waals surface area contributed by atoms with Crippen LogP contribution in [0.5, 0.6) is 0 Å². The third kappa shape index (κ3) is 12.7. The van der Waals surface area contributed by atoms with Gasteiger partial charge in [-0.3, -0.25) is 20.0 Å². The molecule has 1 aromatic heterocycles. The van der Waals surface area contributed by atoms with Crippen LogP contribution >= 0.6 is 0 Å². The second kappa shape index (κ2) is 18.3. The highest BCUT2D eigenvalue weighted by atomic mass is 16.5. The molecule has 1 heterocycles. The van der Waals surface area contributed by atoms with Crippen LogP contribution in [-0.2, 0) is 32.0 Å². The fourth-order valence-electron chi connectivity index (χ4n) is 5.07. The molecule has 5 N–H and O–H groups in total. The van der Waals surface area contributed by atoms with Crippen molar-refractivity contribution in [2.45, 2.75) is 78.5 Å². The van der Waals surface area contributed by atoms with E-state index < -0.39 is 86.2 Å². The summed E-state index contributed by atoms with van der Waals surface area (Å²) in [7, 11) is 1.98. The lowest BCUT2D eigenvalue weighted by Gasteiger charge is -2.35. The van der Waals surface area contributed by atoms with Gasteiger partial charge in [0, 0.05) is 37.2 Å². The highest BCUT2D eigenvalue weighted by molar-refractivity contribution is 5.87. The summed E-state index contributed by atoms with van der Waals surface area (Å²) in [5.74, 6) is -2.28. The summed E-state index contributed by atoms with van der Waals surface area (Å²) in [6.07, 6.45) is -2.64. The molecule has 3 aromatic rings. The number of amides is 4. The van der Waals surface area contributed by atoms with E-state index in [1.165, 1.54) is 5.01 Å². The topological polar surface area (TPSA) is 171 Å². The lowest BCUT2D eigenvalue weighted by Crippen LogP contribution is -2.60. The van der Waals surface area contributed by atoms with Gasteiger partial charge < -0.3 is 30.5 Å². The summed E-state index contributed by atoms with van der Waals surface area (Å²) in [4.78, 5) is 57.5. The second-order valence-electron chi connectivity index (χ2n) is 13.0. The minimum atomic E-state index is -3.92. The van der Waals surface area contributed by atoms with Crippen molar-refractivity contribution in [3.05, 3.63) is 90.1 Å². The summed E-state index contributed by atoms with van der Waals surface area (Å²) < 4.78 is 83.0. The predicted molar refractivity (Wildman–Crippen MR) is 194 cm³/mol. The first-order valence-electron chi connectivity index (χ1n) is 20.5. The van der Waals surface area contributed by atoms with Gasteiger partial charge in [-0.25, -0.2) is 14.6 Å². The standard InChI is InChI=1S/C38H52N6O7/c1-37(2,3)31(41-35(48)50-7)33(46)40-29(22-25-14-10-9-11-15-25)30(45)24-44(43-34(47)32(38(4,5)6)42-36(49)51-8)23-26-17-19-27(20-18-26)28-16-12-13-21-39-28/h9-21,29-32,45H,22-24H2,1-8H3,(H,40,46)(H,41,48)(H,42,49)(H,43,47)/t29-,30?,31?,32+/m0/s1/i1D3,2D3,3D3. The molecule has 0 aliphatic heterocycles. The van der Waals surface area contributed by atoms with Gasteiger partial charge in [-0.2, -0.15) is 0 Å². The Morgan fingerprint density at radius 2 is 1.37 bits per heavy atom. The quantitative estimate of drug-likeness (QED) is 0.154. The van der Waals surface area contributed by atoms with Gasteiger partial charge in [0.1, 0.15) is 12.1 Å². The van der Waals surface area contributed by atoms with Crippen molar-refractivity contribution >= 4 is 24.0 Å².